The number of fused-ring (bicyclic) bond motifs is 1. The fourth-order valence-corrected chi connectivity index (χ4v) is 3.33. The normalized spacial score (nSPS) is 17.1. The van der Waals surface area contributed by atoms with E-state index >= 15 is 0 Å². The Morgan fingerprint density at radius 1 is 1.25 bits per heavy atom. The minimum atomic E-state index is -0.137. The highest BCUT2D eigenvalue weighted by Gasteiger charge is 2.23. The lowest BCUT2D eigenvalue weighted by molar-refractivity contribution is 0.626. The van der Waals surface area contributed by atoms with E-state index in [0.717, 1.165) is 29.3 Å². The Balaban J connectivity index is 1.87. The van der Waals surface area contributed by atoms with Crippen LogP contribution in [0, 0.1) is 5.82 Å². The zero-order valence-corrected chi connectivity index (χ0v) is 13.0. The van der Waals surface area contributed by atoms with Crippen LogP contribution in [0.1, 0.15) is 36.1 Å². The van der Waals surface area contributed by atoms with E-state index in [-0.39, 0.29) is 11.9 Å². The van der Waals surface area contributed by atoms with Crippen LogP contribution in [0.5, 0.6) is 0 Å². The molecule has 1 N–H and O–H groups in total. The van der Waals surface area contributed by atoms with E-state index < -0.39 is 0 Å². The number of nitrogens with one attached hydrogen (secondary N) is 1. The summed E-state index contributed by atoms with van der Waals surface area (Å²) in [6.07, 6.45) is 2.96. The number of anilines is 1. The first kappa shape index (κ1) is 13.6. The van der Waals surface area contributed by atoms with Crippen LogP contribution in [0.2, 0.25) is 0 Å². The lowest BCUT2D eigenvalue weighted by Gasteiger charge is -2.18. The third kappa shape index (κ3) is 2.59. The molecule has 1 aliphatic carbocycles. The summed E-state index contributed by atoms with van der Waals surface area (Å²) in [5, 5.41) is 3.62. The molecule has 3 heteroatoms. The van der Waals surface area contributed by atoms with Gasteiger partial charge in [0.15, 0.2) is 0 Å². The molecule has 1 nitrogen and oxygen atoms in total. The van der Waals surface area contributed by atoms with Crippen LogP contribution in [0.25, 0.3) is 0 Å². The molecule has 1 atom stereocenters. The van der Waals surface area contributed by atoms with Gasteiger partial charge < -0.3 is 5.32 Å². The summed E-state index contributed by atoms with van der Waals surface area (Å²) in [6.45, 7) is 2.16. The average Bonchev–Trinajstić information content (AvgIpc) is 2.83. The van der Waals surface area contributed by atoms with Crippen molar-refractivity contribution in [2.24, 2.45) is 0 Å². The van der Waals surface area contributed by atoms with Crippen molar-refractivity contribution in [3.8, 4) is 0 Å². The molecule has 0 radical (unpaired) electrons. The predicted molar refractivity (Wildman–Crippen MR) is 84.6 cm³/mol. The predicted octanol–water partition coefficient (Wildman–Crippen LogP) is 5.25. The van der Waals surface area contributed by atoms with Crippen molar-refractivity contribution >= 4 is 21.6 Å². The van der Waals surface area contributed by atoms with Gasteiger partial charge in [-0.15, -0.1) is 0 Å². The van der Waals surface area contributed by atoms with Crippen LogP contribution in [-0.2, 0) is 12.8 Å². The van der Waals surface area contributed by atoms with Gasteiger partial charge >= 0.3 is 0 Å². The van der Waals surface area contributed by atoms with Crippen molar-refractivity contribution in [3.63, 3.8) is 0 Å². The number of hydrogen-bond acceptors (Lipinski definition) is 1. The topological polar surface area (TPSA) is 12.0 Å². The summed E-state index contributed by atoms with van der Waals surface area (Å²) < 4.78 is 14.4. The Hall–Kier alpha value is -1.35. The van der Waals surface area contributed by atoms with Crippen LogP contribution < -0.4 is 5.32 Å². The molecule has 2 aromatic rings. The lowest BCUT2D eigenvalue weighted by atomic mass is 10.1. The second-order valence-electron chi connectivity index (χ2n) is 5.23. The molecular weight excluding hydrogens is 317 g/mol. The van der Waals surface area contributed by atoms with Crippen molar-refractivity contribution in [1.29, 1.82) is 0 Å². The minimum Gasteiger partial charge on any atom is -0.378 e. The van der Waals surface area contributed by atoms with E-state index in [1.54, 1.807) is 12.1 Å². The molecule has 0 aliphatic heterocycles. The Bertz CT molecular complexity index is 639. The van der Waals surface area contributed by atoms with Crippen molar-refractivity contribution < 1.29 is 4.39 Å². The molecule has 0 fully saturated rings. The first-order chi connectivity index (χ1) is 9.67. The molecule has 0 spiro atoms. The molecule has 0 heterocycles. The van der Waals surface area contributed by atoms with E-state index in [0.29, 0.717) is 0 Å². The summed E-state index contributed by atoms with van der Waals surface area (Å²) in [7, 11) is 0. The fourth-order valence-electron chi connectivity index (χ4n) is 2.92. The summed E-state index contributed by atoms with van der Waals surface area (Å²) in [4.78, 5) is 0. The zero-order chi connectivity index (χ0) is 14.1. The average molecular weight is 334 g/mol. The lowest BCUT2D eigenvalue weighted by Crippen LogP contribution is -2.08. The van der Waals surface area contributed by atoms with E-state index in [1.807, 2.05) is 6.07 Å². The van der Waals surface area contributed by atoms with Crippen LogP contribution in [0.3, 0.4) is 0 Å². The van der Waals surface area contributed by atoms with Crippen LogP contribution in [0.15, 0.2) is 40.9 Å². The summed E-state index contributed by atoms with van der Waals surface area (Å²) in [6, 6.07) is 11.8. The van der Waals surface area contributed by atoms with Gasteiger partial charge in [0.05, 0.1) is 6.04 Å². The number of hydrogen-bond donors (Lipinski definition) is 1. The maximum Gasteiger partial charge on any atom is 0.123 e. The van der Waals surface area contributed by atoms with Gasteiger partial charge in [0, 0.05) is 10.2 Å². The SMILES string of the molecule is CCc1cc(Br)ccc1NC1CCc2cc(F)ccc21. The molecule has 20 heavy (non-hydrogen) atoms. The second-order valence-corrected chi connectivity index (χ2v) is 6.15. The molecule has 104 valence electrons. The standard InChI is InChI=1S/C17H17BrFN/c1-2-11-9-13(18)4-8-16(11)20-17-7-3-12-10-14(19)5-6-15(12)17/h4-6,8-10,17,20H,2-3,7H2,1H3. The van der Waals surface area contributed by atoms with Gasteiger partial charge in [-0.1, -0.05) is 28.9 Å². The molecule has 0 saturated carbocycles. The van der Waals surface area contributed by atoms with Gasteiger partial charge in [0.1, 0.15) is 5.82 Å². The summed E-state index contributed by atoms with van der Waals surface area (Å²) in [5.41, 5.74) is 4.85. The number of aryl methyl sites for hydroxylation is 2. The van der Waals surface area contributed by atoms with E-state index in [2.05, 4.69) is 46.4 Å². The van der Waals surface area contributed by atoms with Crippen LogP contribution >= 0.6 is 15.9 Å². The van der Waals surface area contributed by atoms with E-state index in [4.69, 9.17) is 0 Å². The Morgan fingerprint density at radius 2 is 2.10 bits per heavy atom. The van der Waals surface area contributed by atoms with Gasteiger partial charge in [0.2, 0.25) is 0 Å². The Kier molecular flexibility index (Phi) is 3.79. The number of benzene rings is 2. The van der Waals surface area contributed by atoms with Gasteiger partial charge in [-0.2, -0.15) is 0 Å². The van der Waals surface area contributed by atoms with Gasteiger partial charge in [-0.3, -0.25) is 0 Å². The highest BCUT2D eigenvalue weighted by atomic mass is 79.9. The van der Waals surface area contributed by atoms with E-state index in [1.165, 1.54) is 16.8 Å². The Morgan fingerprint density at radius 3 is 2.90 bits per heavy atom. The highest BCUT2D eigenvalue weighted by molar-refractivity contribution is 9.10. The maximum atomic E-state index is 13.3. The maximum absolute atomic E-state index is 13.3. The molecule has 0 bridgehead atoms. The highest BCUT2D eigenvalue weighted by Crippen LogP contribution is 2.35. The van der Waals surface area contributed by atoms with Crippen molar-refractivity contribution in [1.82, 2.24) is 0 Å². The molecule has 3 rings (SSSR count). The molecule has 0 aromatic heterocycles. The summed E-state index contributed by atoms with van der Waals surface area (Å²) in [5.74, 6) is -0.137. The smallest absolute Gasteiger partial charge is 0.123 e. The zero-order valence-electron chi connectivity index (χ0n) is 11.4. The molecule has 1 aliphatic rings. The Labute approximate surface area is 127 Å². The molecule has 0 amide bonds. The first-order valence-electron chi connectivity index (χ1n) is 7.00. The van der Waals surface area contributed by atoms with Gasteiger partial charge in [-0.05, 0) is 66.3 Å². The van der Waals surface area contributed by atoms with Crippen molar-refractivity contribution in [3.05, 3.63) is 63.4 Å². The fraction of sp³-hybridized carbons (Fsp3) is 0.294. The van der Waals surface area contributed by atoms with Crippen LogP contribution in [0.4, 0.5) is 10.1 Å². The third-order valence-corrected chi connectivity index (χ3v) is 4.45. The molecular formula is C17H17BrFN. The van der Waals surface area contributed by atoms with Crippen LogP contribution in [-0.4, -0.2) is 0 Å². The van der Waals surface area contributed by atoms with Crippen molar-refractivity contribution in [2.75, 3.05) is 5.32 Å². The van der Waals surface area contributed by atoms with Gasteiger partial charge in [0.25, 0.3) is 0 Å². The minimum absolute atomic E-state index is 0.137. The third-order valence-electron chi connectivity index (χ3n) is 3.96. The van der Waals surface area contributed by atoms with Crippen molar-refractivity contribution in [2.45, 2.75) is 32.2 Å². The molecule has 2 aromatic carbocycles. The second kappa shape index (κ2) is 5.57. The van der Waals surface area contributed by atoms with Gasteiger partial charge in [-0.25, -0.2) is 4.39 Å². The molecule has 1 unspecified atom stereocenters. The molecule has 0 saturated heterocycles. The summed E-state index contributed by atoms with van der Waals surface area (Å²) >= 11 is 3.51. The quantitative estimate of drug-likeness (QED) is 0.808. The van der Waals surface area contributed by atoms with E-state index in [9.17, 15) is 4.39 Å². The number of rotatable bonds is 3. The first-order valence-corrected chi connectivity index (χ1v) is 7.80. The monoisotopic (exact) mass is 333 g/mol. The largest absolute Gasteiger partial charge is 0.378 e. The number of halogens is 2.